The third kappa shape index (κ3) is 3.64. The minimum atomic E-state index is -0.616. The molecule has 0 fully saturated rings. The fourth-order valence-electron chi connectivity index (χ4n) is 5.12. The van der Waals surface area contributed by atoms with Crippen molar-refractivity contribution in [3.05, 3.63) is 67.9 Å². The second-order valence-corrected chi connectivity index (χ2v) is 8.91. The Labute approximate surface area is 219 Å². The van der Waals surface area contributed by atoms with E-state index in [1.165, 1.54) is 50.5 Å². The maximum Gasteiger partial charge on any atom is 0.279 e. The molecule has 4 aromatic rings. The zero-order chi connectivity index (χ0) is 27.3. The number of nitrogens with one attached hydrogen (secondary N) is 1. The van der Waals surface area contributed by atoms with E-state index in [0.29, 0.717) is 33.7 Å². The molecule has 1 N–H and O–H groups in total. The van der Waals surface area contributed by atoms with E-state index >= 15 is 0 Å². The van der Waals surface area contributed by atoms with Crippen LogP contribution in [0.15, 0.2) is 36.4 Å². The van der Waals surface area contributed by atoms with Crippen LogP contribution in [0.1, 0.15) is 22.0 Å². The second-order valence-electron chi connectivity index (χ2n) is 8.60. The van der Waals surface area contributed by atoms with Crippen molar-refractivity contribution in [2.45, 2.75) is 5.92 Å². The van der Waals surface area contributed by atoms with Crippen molar-refractivity contribution in [3.63, 3.8) is 0 Å². The van der Waals surface area contributed by atoms with Gasteiger partial charge in [0, 0.05) is 35.9 Å². The summed E-state index contributed by atoms with van der Waals surface area (Å²) in [7, 11) is 4.40. The Morgan fingerprint density at radius 1 is 1.05 bits per heavy atom. The number of nitro groups is 2. The first-order valence-corrected chi connectivity index (χ1v) is 11.9. The number of carbonyl (C=O) groups is 1. The number of amides is 1. The molecule has 1 aromatic heterocycles. The van der Waals surface area contributed by atoms with E-state index in [4.69, 9.17) is 25.8 Å². The van der Waals surface area contributed by atoms with Gasteiger partial charge in [0.25, 0.3) is 17.3 Å². The minimum absolute atomic E-state index is 0.0463. The van der Waals surface area contributed by atoms with E-state index in [1.807, 2.05) is 0 Å². The van der Waals surface area contributed by atoms with Gasteiger partial charge < -0.3 is 24.1 Å². The van der Waals surface area contributed by atoms with E-state index in [1.54, 1.807) is 12.1 Å². The summed E-state index contributed by atoms with van der Waals surface area (Å²) >= 11 is 6.26. The molecule has 0 radical (unpaired) electrons. The first-order chi connectivity index (χ1) is 18.2. The van der Waals surface area contributed by atoms with Crippen LogP contribution in [0.25, 0.3) is 21.7 Å². The van der Waals surface area contributed by atoms with Crippen molar-refractivity contribution in [1.29, 1.82) is 0 Å². The Morgan fingerprint density at radius 3 is 2.37 bits per heavy atom. The highest BCUT2D eigenvalue weighted by Crippen LogP contribution is 2.49. The molecule has 13 heteroatoms. The molecule has 1 aliphatic heterocycles. The zero-order valence-corrected chi connectivity index (χ0v) is 21.2. The maximum atomic E-state index is 13.8. The number of alkyl halides is 1. The van der Waals surface area contributed by atoms with Gasteiger partial charge in [0.1, 0.15) is 5.69 Å². The number of hydrogen-bond donors (Lipinski definition) is 1. The van der Waals surface area contributed by atoms with Crippen LogP contribution in [-0.4, -0.2) is 54.5 Å². The molecule has 1 unspecified atom stereocenters. The van der Waals surface area contributed by atoms with Crippen LogP contribution in [0.5, 0.6) is 17.2 Å². The number of hydrogen-bond acceptors (Lipinski definition) is 8. The number of methoxy groups -OCH3 is 3. The number of aromatic amines is 1. The Morgan fingerprint density at radius 2 is 1.76 bits per heavy atom. The standard InChI is InChI=1S/C25H21ClN4O8/c1-36-19-8-12-7-15(27-22(12)24(38-3)23(19)37-2)25(31)28-11-13(10-26)20-18(28)9-17(30(34)35)14-5-4-6-16(21(14)20)29(32)33/h4-9,13,27H,10-11H2,1-3H3. The number of halogens is 1. The number of H-pyrrole nitrogens is 1. The fraction of sp³-hybridized carbons (Fsp3) is 0.240. The van der Waals surface area contributed by atoms with Gasteiger partial charge in [-0.2, -0.15) is 0 Å². The van der Waals surface area contributed by atoms with Crippen molar-refractivity contribution in [1.82, 2.24) is 4.98 Å². The Balaban J connectivity index is 1.73. The average Bonchev–Trinajstić information content (AvgIpc) is 3.51. The predicted molar refractivity (Wildman–Crippen MR) is 140 cm³/mol. The number of nitro benzene ring substituents is 2. The van der Waals surface area contributed by atoms with Crippen LogP contribution < -0.4 is 19.1 Å². The smallest absolute Gasteiger partial charge is 0.279 e. The van der Waals surface area contributed by atoms with E-state index in [2.05, 4.69) is 4.98 Å². The number of nitrogens with zero attached hydrogens (tertiary/aromatic N) is 3. The van der Waals surface area contributed by atoms with Crippen molar-refractivity contribution < 1.29 is 28.9 Å². The minimum Gasteiger partial charge on any atom is -0.493 e. The molecule has 12 nitrogen and oxygen atoms in total. The Bertz CT molecular complexity index is 1650. The maximum absolute atomic E-state index is 13.8. The summed E-state index contributed by atoms with van der Waals surface area (Å²) in [6, 6.07) is 8.71. The SMILES string of the molecule is COc1cc2cc(C(=O)N3CC(CCl)c4c3cc([N+](=O)[O-])c3cccc([N+](=O)[O-])c43)[nH]c2c(OC)c1OC. The topological polar surface area (TPSA) is 150 Å². The number of aromatic nitrogens is 1. The van der Waals surface area contributed by atoms with Gasteiger partial charge in [-0.3, -0.25) is 25.0 Å². The third-order valence-corrected chi connectivity index (χ3v) is 7.09. The van der Waals surface area contributed by atoms with Gasteiger partial charge in [-0.25, -0.2) is 0 Å². The van der Waals surface area contributed by atoms with Crippen LogP contribution in [0.3, 0.4) is 0 Å². The van der Waals surface area contributed by atoms with Crippen LogP contribution in [0, 0.1) is 20.2 Å². The number of rotatable bonds is 7. The first-order valence-electron chi connectivity index (χ1n) is 11.3. The summed E-state index contributed by atoms with van der Waals surface area (Å²) in [5.41, 5.74) is 0.653. The van der Waals surface area contributed by atoms with Gasteiger partial charge in [0.05, 0.1) is 53.2 Å². The summed E-state index contributed by atoms with van der Waals surface area (Å²) < 4.78 is 16.3. The molecular weight excluding hydrogens is 520 g/mol. The molecular formula is C25H21ClN4O8. The highest BCUT2D eigenvalue weighted by atomic mass is 35.5. The lowest BCUT2D eigenvalue weighted by Crippen LogP contribution is -2.30. The van der Waals surface area contributed by atoms with Gasteiger partial charge in [0.2, 0.25) is 5.75 Å². The number of carbonyl (C=O) groups excluding carboxylic acids is 1. The predicted octanol–water partition coefficient (Wildman–Crippen LogP) is 5.15. The van der Waals surface area contributed by atoms with Crippen LogP contribution in [0.4, 0.5) is 17.1 Å². The monoisotopic (exact) mass is 540 g/mol. The van der Waals surface area contributed by atoms with Crippen LogP contribution >= 0.6 is 11.6 Å². The molecule has 0 saturated carbocycles. The molecule has 0 spiro atoms. The number of ether oxygens (including phenoxy) is 3. The van der Waals surface area contributed by atoms with Crippen LogP contribution in [0.2, 0.25) is 0 Å². The molecule has 0 bridgehead atoms. The second kappa shape index (κ2) is 9.38. The summed E-state index contributed by atoms with van der Waals surface area (Å²) in [5, 5.41) is 24.7. The number of anilines is 1. The molecule has 2 heterocycles. The van der Waals surface area contributed by atoms with Crippen LogP contribution in [-0.2, 0) is 0 Å². The quantitative estimate of drug-likeness (QED) is 0.192. The van der Waals surface area contributed by atoms with Crippen molar-refractivity contribution in [3.8, 4) is 17.2 Å². The van der Waals surface area contributed by atoms with Crippen molar-refractivity contribution in [2.75, 3.05) is 38.7 Å². The summed E-state index contributed by atoms with van der Waals surface area (Å²) in [6.45, 7) is 0.0825. The van der Waals surface area contributed by atoms with Crippen molar-refractivity contribution in [2.24, 2.45) is 0 Å². The summed E-state index contributed by atoms with van der Waals surface area (Å²) in [5.74, 6) is 0.134. The summed E-state index contributed by atoms with van der Waals surface area (Å²) in [6.07, 6.45) is 0. The van der Waals surface area contributed by atoms with Gasteiger partial charge in [-0.1, -0.05) is 6.07 Å². The van der Waals surface area contributed by atoms with E-state index in [-0.39, 0.29) is 46.0 Å². The van der Waals surface area contributed by atoms with Gasteiger partial charge in [0.15, 0.2) is 11.5 Å². The van der Waals surface area contributed by atoms with Gasteiger partial charge >= 0.3 is 0 Å². The highest BCUT2D eigenvalue weighted by Gasteiger charge is 2.39. The lowest BCUT2D eigenvalue weighted by molar-refractivity contribution is -0.384. The molecule has 3 aromatic carbocycles. The molecule has 1 atom stereocenters. The van der Waals surface area contributed by atoms with Gasteiger partial charge in [-0.15, -0.1) is 11.6 Å². The first kappa shape index (κ1) is 25.1. The Kier molecular flexibility index (Phi) is 6.19. The van der Waals surface area contributed by atoms with E-state index in [0.717, 1.165) is 0 Å². The largest absolute Gasteiger partial charge is 0.493 e. The molecule has 5 rings (SSSR count). The number of benzene rings is 3. The van der Waals surface area contributed by atoms with E-state index in [9.17, 15) is 25.0 Å². The summed E-state index contributed by atoms with van der Waals surface area (Å²) in [4.78, 5) is 40.9. The average molecular weight is 541 g/mol. The highest BCUT2D eigenvalue weighted by molar-refractivity contribution is 6.20. The molecule has 38 heavy (non-hydrogen) atoms. The van der Waals surface area contributed by atoms with Gasteiger partial charge in [-0.05, 0) is 23.8 Å². The normalized spacial score (nSPS) is 14.5. The lowest BCUT2D eigenvalue weighted by atomic mass is 9.94. The molecule has 1 amide bonds. The lowest BCUT2D eigenvalue weighted by Gasteiger charge is -2.17. The number of fused-ring (bicyclic) bond motifs is 4. The molecule has 1 aliphatic rings. The zero-order valence-electron chi connectivity index (χ0n) is 20.4. The molecule has 0 aliphatic carbocycles. The Hall–Kier alpha value is -4.58. The fourth-order valence-corrected chi connectivity index (χ4v) is 5.37. The number of non-ortho nitro benzene ring substituents is 2. The molecule has 196 valence electrons. The molecule has 0 saturated heterocycles. The third-order valence-electron chi connectivity index (χ3n) is 6.71. The van der Waals surface area contributed by atoms with Crippen molar-refractivity contribution >= 4 is 56.2 Å². The van der Waals surface area contributed by atoms with E-state index < -0.39 is 21.7 Å².